The van der Waals surface area contributed by atoms with Crippen LogP contribution in [0.25, 0.3) is 0 Å². The van der Waals surface area contributed by atoms with Crippen molar-refractivity contribution in [3.63, 3.8) is 0 Å². The molecule has 0 bridgehead atoms. The third-order valence-electron chi connectivity index (χ3n) is 2.72. The van der Waals surface area contributed by atoms with Crippen molar-refractivity contribution < 1.29 is 0 Å². The fraction of sp³-hybridized carbons (Fsp3) is 0.700. The highest BCUT2D eigenvalue weighted by molar-refractivity contribution is 7.09. The summed E-state index contributed by atoms with van der Waals surface area (Å²) in [6.07, 6.45) is 3.07. The molecule has 2 rings (SSSR count). The van der Waals surface area contributed by atoms with Gasteiger partial charge < -0.3 is 5.32 Å². The zero-order chi connectivity index (χ0) is 9.80. The van der Waals surface area contributed by atoms with Crippen LogP contribution in [0.5, 0.6) is 0 Å². The normalized spacial score (nSPS) is 20.9. The molecule has 1 fully saturated rings. The Kier molecular flexibility index (Phi) is 3.50. The van der Waals surface area contributed by atoms with E-state index < -0.39 is 0 Å². The maximum atomic E-state index is 4.42. The van der Waals surface area contributed by atoms with Gasteiger partial charge in [-0.1, -0.05) is 6.92 Å². The minimum atomic E-state index is 0.539. The number of nitrogens with zero attached hydrogens (tertiary/aromatic N) is 2. The molecule has 1 N–H and O–H groups in total. The summed E-state index contributed by atoms with van der Waals surface area (Å²) < 4.78 is 0. The van der Waals surface area contributed by atoms with E-state index in [4.69, 9.17) is 0 Å². The fourth-order valence-electron chi connectivity index (χ4n) is 1.98. The Morgan fingerprint density at radius 2 is 2.36 bits per heavy atom. The van der Waals surface area contributed by atoms with Gasteiger partial charge in [-0.3, -0.25) is 4.90 Å². The van der Waals surface area contributed by atoms with E-state index in [1.54, 1.807) is 11.3 Å². The molecule has 4 heteroatoms. The van der Waals surface area contributed by atoms with Gasteiger partial charge in [-0.05, 0) is 6.42 Å². The Morgan fingerprint density at radius 1 is 1.57 bits per heavy atom. The summed E-state index contributed by atoms with van der Waals surface area (Å²) in [7, 11) is 0. The molecule has 1 aliphatic rings. The number of aromatic nitrogens is 1. The van der Waals surface area contributed by atoms with Gasteiger partial charge in [0.2, 0.25) is 0 Å². The second kappa shape index (κ2) is 4.87. The smallest absolute Gasteiger partial charge is 0.110 e. The minimum Gasteiger partial charge on any atom is -0.314 e. The van der Waals surface area contributed by atoms with Crippen molar-refractivity contribution in [3.8, 4) is 0 Å². The van der Waals surface area contributed by atoms with E-state index in [-0.39, 0.29) is 0 Å². The topological polar surface area (TPSA) is 28.2 Å². The van der Waals surface area contributed by atoms with Gasteiger partial charge in [-0.2, -0.15) is 0 Å². The molecule has 3 nitrogen and oxygen atoms in total. The van der Waals surface area contributed by atoms with Crippen LogP contribution in [0.4, 0.5) is 0 Å². The van der Waals surface area contributed by atoms with E-state index in [1.165, 1.54) is 5.01 Å². The SMILES string of the molecule is CCC(c1nccs1)N1CCNCC1. The van der Waals surface area contributed by atoms with Crippen molar-refractivity contribution in [2.45, 2.75) is 19.4 Å². The Balaban J connectivity index is 2.04. The third kappa shape index (κ3) is 2.13. The lowest BCUT2D eigenvalue weighted by molar-refractivity contribution is 0.169. The van der Waals surface area contributed by atoms with Gasteiger partial charge in [-0.15, -0.1) is 11.3 Å². The summed E-state index contributed by atoms with van der Waals surface area (Å²) in [6, 6.07) is 0.539. The summed E-state index contributed by atoms with van der Waals surface area (Å²) in [4.78, 5) is 6.96. The third-order valence-corrected chi connectivity index (χ3v) is 3.59. The number of hydrogen-bond acceptors (Lipinski definition) is 4. The van der Waals surface area contributed by atoms with E-state index in [2.05, 4.69) is 27.5 Å². The van der Waals surface area contributed by atoms with Gasteiger partial charge in [0.05, 0.1) is 6.04 Å². The summed E-state index contributed by atoms with van der Waals surface area (Å²) in [5.41, 5.74) is 0. The summed E-state index contributed by atoms with van der Waals surface area (Å²) in [5, 5.41) is 6.72. The Labute approximate surface area is 89.1 Å². The number of rotatable bonds is 3. The molecule has 1 aliphatic heterocycles. The molecule has 0 aliphatic carbocycles. The van der Waals surface area contributed by atoms with Crippen LogP contribution >= 0.6 is 11.3 Å². The molecule has 1 aromatic rings. The van der Waals surface area contributed by atoms with Crippen molar-refractivity contribution >= 4 is 11.3 Å². The average molecular weight is 211 g/mol. The maximum absolute atomic E-state index is 4.42. The van der Waals surface area contributed by atoms with Crippen LogP contribution in [0.2, 0.25) is 0 Å². The number of piperazine rings is 1. The lowest BCUT2D eigenvalue weighted by Crippen LogP contribution is -2.45. The zero-order valence-corrected chi connectivity index (χ0v) is 9.39. The van der Waals surface area contributed by atoms with E-state index >= 15 is 0 Å². The van der Waals surface area contributed by atoms with Crippen molar-refractivity contribution in [2.24, 2.45) is 0 Å². The average Bonchev–Trinajstić information content (AvgIpc) is 2.74. The number of thiazole rings is 1. The quantitative estimate of drug-likeness (QED) is 0.821. The van der Waals surface area contributed by atoms with Gasteiger partial charge in [-0.25, -0.2) is 4.98 Å². The van der Waals surface area contributed by atoms with Gasteiger partial charge in [0.25, 0.3) is 0 Å². The molecule has 14 heavy (non-hydrogen) atoms. The van der Waals surface area contributed by atoms with Crippen LogP contribution in [-0.2, 0) is 0 Å². The highest BCUT2D eigenvalue weighted by atomic mass is 32.1. The predicted octanol–water partition coefficient (Wildman–Crippen LogP) is 1.50. The van der Waals surface area contributed by atoms with E-state index in [0.717, 1.165) is 32.6 Å². The molecule has 1 saturated heterocycles. The van der Waals surface area contributed by atoms with Crippen molar-refractivity contribution in [2.75, 3.05) is 26.2 Å². The lowest BCUT2D eigenvalue weighted by Gasteiger charge is -2.33. The molecular formula is C10H17N3S. The Hall–Kier alpha value is -0.450. The van der Waals surface area contributed by atoms with Crippen molar-refractivity contribution in [3.05, 3.63) is 16.6 Å². The zero-order valence-electron chi connectivity index (χ0n) is 8.57. The Morgan fingerprint density at radius 3 is 2.93 bits per heavy atom. The van der Waals surface area contributed by atoms with Crippen molar-refractivity contribution in [1.29, 1.82) is 0 Å². The molecule has 0 saturated carbocycles. The van der Waals surface area contributed by atoms with E-state index in [9.17, 15) is 0 Å². The molecule has 0 spiro atoms. The van der Waals surface area contributed by atoms with Crippen LogP contribution in [0.1, 0.15) is 24.4 Å². The minimum absolute atomic E-state index is 0.539. The van der Waals surface area contributed by atoms with Gasteiger partial charge >= 0.3 is 0 Å². The first-order valence-electron chi connectivity index (χ1n) is 5.26. The first-order valence-corrected chi connectivity index (χ1v) is 6.14. The van der Waals surface area contributed by atoms with E-state index in [1.807, 2.05) is 6.20 Å². The molecule has 1 aromatic heterocycles. The molecule has 0 amide bonds. The second-order valence-electron chi connectivity index (χ2n) is 3.58. The highest BCUT2D eigenvalue weighted by Gasteiger charge is 2.21. The monoisotopic (exact) mass is 211 g/mol. The molecule has 2 heterocycles. The summed E-state index contributed by atoms with van der Waals surface area (Å²) in [6.45, 7) is 6.77. The Bertz CT molecular complexity index is 254. The number of nitrogens with one attached hydrogen (secondary N) is 1. The van der Waals surface area contributed by atoms with Gasteiger partial charge in [0, 0.05) is 37.8 Å². The summed E-state index contributed by atoms with van der Waals surface area (Å²) >= 11 is 1.78. The molecule has 78 valence electrons. The second-order valence-corrected chi connectivity index (χ2v) is 4.51. The fourth-order valence-corrected chi connectivity index (χ4v) is 2.84. The first kappa shape index (κ1) is 10.1. The summed E-state index contributed by atoms with van der Waals surface area (Å²) in [5.74, 6) is 0. The highest BCUT2D eigenvalue weighted by Crippen LogP contribution is 2.25. The molecule has 0 aromatic carbocycles. The van der Waals surface area contributed by atoms with Crippen LogP contribution in [0.15, 0.2) is 11.6 Å². The largest absolute Gasteiger partial charge is 0.314 e. The van der Waals surface area contributed by atoms with Crippen LogP contribution in [0, 0.1) is 0 Å². The maximum Gasteiger partial charge on any atom is 0.110 e. The lowest BCUT2D eigenvalue weighted by atomic mass is 10.2. The van der Waals surface area contributed by atoms with Crippen LogP contribution in [0.3, 0.4) is 0 Å². The molecule has 0 radical (unpaired) electrons. The van der Waals surface area contributed by atoms with Crippen molar-refractivity contribution in [1.82, 2.24) is 15.2 Å². The van der Waals surface area contributed by atoms with E-state index in [0.29, 0.717) is 6.04 Å². The molecule has 1 atom stereocenters. The molecule has 1 unspecified atom stereocenters. The molecular weight excluding hydrogens is 194 g/mol. The number of hydrogen-bond donors (Lipinski definition) is 1. The first-order chi connectivity index (χ1) is 6.92. The van der Waals surface area contributed by atoms with Gasteiger partial charge in [0.1, 0.15) is 5.01 Å². The predicted molar refractivity (Wildman–Crippen MR) is 59.6 cm³/mol. The van der Waals surface area contributed by atoms with Gasteiger partial charge in [0.15, 0.2) is 0 Å². The standard InChI is InChI=1S/C10H17N3S/c1-2-9(10-12-5-8-14-10)13-6-3-11-4-7-13/h5,8-9,11H,2-4,6-7H2,1H3. The van der Waals surface area contributed by atoms with Crippen LogP contribution in [-0.4, -0.2) is 36.1 Å². The van der Waals surface area contributed by atoms with Crippen LogP contribution < -0.4 is 5.32 Å².